The van der Waals surface area contributed by atoms with E-state index in [-0.39, 0.29) is 26.1 Å². The fraction of sp³-hybridized carbons (Fsp3) is 0.739. The van der Waals surface area contributed by atoms with Gasteiger partial charge in [-0.2, -0.15) is 0 Å². The summed E-state index contributed by atoms with van der Waals surface area (Å²) in [5, 5.41) is 0. The molecule has 0 radical (unpaired) electrons. The summed E-state index contributed by atoms with van der Waals surface area (Å²) >= 11 is 0. The molecule has 9 nitrogen and oxygen atoms in total. The van der Waals surface area contributed by atoms with Gasteiger partial charge in [-0.25, -0.2) is 4.57 Å². The molecule has 0 saturated heterocycles. The van der Waals surface area contributed by atoms with Gasteiger partial charge in [0.1, 0.15) is 19.8 Å². The highest BCUT2D eigenvalue weighted by atomic mass is 31.2. The molecule has 0 spiro atoms. The third-order valence-electron chi connectivity index (χ3n) is 9.13. The second-order valence-electron chi connectivity index (χ2n) is 15.8. The minimum atomic E-state index is -4.38. The van der Waals surface area contributed by atoms with Gasteiger partial charge in [-0.05, 0) is 57.8 Å². The Balaban J connectivity index is 4.41. The summed E-state index contributed by atoms with van der Waals surface area (Å²) in [5.41, 5.74) is 0. The van der Waals surface area contributed by atoms with Crippen LogP contribution in [0.3, 0.4) is 0 Å². The number of likely N-dealkylation sites (N-methyl/N-ethyl adjacent to an activating group) is 1. The Bertz CT molecular complexity index is 1140. The number of unbranched alkanes of at least 4 members (excludes halogenated alkanes) is 18. The van der Waals surface area contributed by atoms with Crippen molar-refractivity contribution < 1.29 is 42.1 Å². The van der Waals surface area contributed by atoms with E-state index in [2.05, 4.69) is 44.2 Å². The average molecular weight is 809 g/mol. The molecule has 0 amide bonds. The summed E-state index contributed by atoms with van der Waals surface area (Å²) in [7, 11) is 1.45. The molecule has 324 valence electrons. The maximum Gasteiger partial charge on any atom is 0.472 e. The first-order valence-corrected chi connectivity index (χ1v) is 23.6. The van der Waals surface area contributed by atoms with Gasteiger partial charge in [-0.15, -0.1) is 0 Å². The lowest BCUT2D eigenvalue weighted by Crippen LogP contribution is -2.37. The number of carbonyl (C=O) groups is 2. The van der Waals surface area contributed by atoms with Gasteiger partial charge in [0, 0.05) is 12.8 Å². The molecule has 0 aromatic heterocycles. The highest BCUT2D eigenvalue weighted by Gasteiger charge is 2.27. The second-order valence-corrected chi connectivity index (χ2v) is 17.2. The number of carbonyl (C=O) groups excluding carboxylic acids is 2. The van der Waals surface area contributed by atoms with Crippen molar-refractivity contribution in [3.05, 3.63) is 60.8 Å². The van der Waals surface area contributed by atoms with Gasteiger partial charge in [-0.1, -0.05) is 158 Å². The number of esters is 2. The first-order valence-electron chi connectivity index (χ1n) is 22.1. The normalized spacial score (nSPS) is 14.2. The molecule has 0 aromatic carbocycles. The average Bonchev–Trinajstić information content (AvgIpc) is 3.15. The van der Waals surface area contributed by atoms with Crippen molar-refractivity contribution in [2.45, 2.75) is 174 Å². The zero-order chi connectivity index (χ0) is 41.4. The van der Waals surface area contributed by atoms with Crippen LogP contribution in [0, 0.1) is 0 Å². The second kappa shape index (κ2) is 38.2. The van der Waals surface area contributed by atoms with Crippen LogP contribution in [0.5, 0.6) is 0 Å². The predicted molar refractivity (Wildman–Crippen MR) is 233 cm³/mol. The number of phosphoric ester groups is 1. The molecule has 0 bridgehead atoms. The van der Waals surface area contributed by atoms with Gasteiger partial charge in [0.2, 0.25) is 0 Å². The molecule has 0 aliphatic heterocycles. The highest BCUT2D eigenvalue weighted by molar-refractivity contribution is 7.47. The smallest absolute Gasteiger partial charge is 0.462 e. The molecule has 56 heavy (non-hydrogen) atoms. The Morgan fingerprint density at radius 1 is 0.571 bits per heavy atom. The summed E-state index contributed by atoms with van der Waals surface area (Å²) in [6, 6.07) is 0. The molecule has 1 N–H and O–H groups in total. The molecule has 0 aromatic rings. The van der Waals surface area contributed by atoms with E-state index in [4.69, 9.17) is 18.5 Å². The molecule has 1 unspecified atom stereocenters. The summed E-state index contributed by atoms with van der Waals surface area (Å²) in [6.45, 7) is 4.24. The van der Waals surface area contributed by atoms with Crippen LogP contribution in [-0.4, -0.2) is 74.9 Å². The maximum absolute atomic E-state index is 12.7. The number of nitrogens with zero attached hydrogens (tertiary/aromatic N) is 1. The highest BCUT2D eigenvalue weighted by Crippen LogP contribution is 2.43. The zero-order valence-electron chi connectivity index (χ0n) is 36.3. The van der Waals surface area contributed by atoms with Gasteiger partial charge >= 0.3 is 19.8 Å². The Hall–Kier alpha value is -2.29. The number of allylic oxidation sites excluding steroid dienone is 10. The topological polar surface area (TPSA) is 108 Å². The van der Waals surface area contributed by atoms with E-state index in [1.807, 2.05) is 51.5 Å². The summed E-state index contributed by atoms with van der Waals surface area (Å²) in [4.78, 5) is 35.4. The lowest BCUT2D eigenvalue weighted by molar-refractivity contribution is -0.870. The molecule has 0 saturated carbocycles. The molecule has 0 fully saturated rings. The van der Waals surface area contributed by atoms with Crippen LogP contribution in [-0.2, 0) is 32.7 Å². The largest absolute Gasteiger partial charge is 0.472 e. The molecule has 0 aliphatic carbocycles. The summed E-state index contributed by atoms with van der Waals surface area (Å²) in [6.07, 6.45) is 45.5. The van der Waals surface area contributed by atoms with E-state index in [1.54, 1.807) is 0 Å². The van der Waals surface area contributed by atoms with Crippen molar-refractivity contribution in [1.82, 2.24) is 0 Å². The molecule has 10 heteroatoms. The predicted octanol–water partition coefficient (Wildman–Crippen LogP) is 12.5. The fourth-order valence-corrected chi connectivity index (χ4v) is 6.41. The number of hydrogen-bond donors (Lipinski definition) is 1. The number of phosphoric acid groups is 1. The van der Waals surface area contributed by atoms with Gasteiger partial charge in [0.15, 0.2) is 6.10 Å². The Morgan fingerprint density at radius 2 is 1.04 bits per heavy atom. The fourth-order valence-electron chi connectivity index (χ4n) is 5.67. The summed E-state index contributed by atoms with van der Waals surface area (Å²) in [5.74, 6) is -0.834. The minimum absolute atomic E-state index is 0.0242. The van der Waals surface area contributed by atoms with Crippen LogP contribution < -0.4 is 0 Å². The van der Waals surface area contributed by atoms with Crippen molar-refractivity contribution >= 4 is 19.8 Å². The Morgan fingerprint density at radius 3 is 1.57 bits per heavy atom. The van der Waals surface area contributed by atoms with E-state index in [1.165, 1.54) is 64.2 Å². The Labute approximate surface area is 343 Å². The van der Waals surface area contributed by atoms with Crippen LogP contribution in [0.2, 0.25) is 0 Å². The van der Waals surface area contributed by atoms with E-state index < -0.39 is 32.5 Å². The van der Waals surface area contributed by atoms with Crippen molar-refractivity contribution in [2.24, 2.45) is 0 Å². The number of quaternary nitrogens is 1. The maximum atomic E-state index is 12.7. The number of hydrogen-bond acceptors (Lipinski definition) is 7. The van der Waals surface area contributed by atoms with E-state index >= 15 is 0 Å². The molecular formula is C46H83NO8P+. The van der Waals surface area contributed by atoms with Crippen LogP contribution in [0.25, 0.3) is 0 Å². The van der Waals surface area contributed by atoms with Crippen molar-refractivity contribution in [3.63, 3.8) is 0 Å². The molecular weight excluding hydrogens is 725 g/mol. The van der Waals surface area contributed by atoms with Crippen molar-refractivity contribution in [2.75, 3.05) is 47.5 Å². The first kappa shape index (κ1) is 53.7. The van der Waals surface area contributed by atoms with E-state index in [0.717, 1.165) is 64.2 Å². The lowest BCUT2D eigenvalue weighted by Gasteiger charge is -2.24. The van der Waals surface area contributed by atoms with Crippen molar-refractivity contribution in [3.8, 4) is 0 Å². The van der Waals surface area contributed by atoms with Crippen LogP contribution in [0.1, 0.15) is 168 Å². The SMILES string of the molecule is CC/C=C/C=C/C=C/C=C/CCCCCCCC(=O)OC[C@H](COP(=O)(O)OCC[N+](C)(C)C)OC(=O)CCCCCCCCC/C=C/CCCCCCCC. The van der Waals surface area contributed by atoms with Crippen LogP contribution in [0.4, 0.5) is 0 Å². The zero-order valence-corrected chi connectivity index (χ0v) is 37.2. The Kier molecular flexibility index (Phi) is 36.7. The van der Waals surface area contributed by atoms with Crippen LogP contribution >= 0.6 is 7.82 Å². The van der Waals surface area contributed by atoms with Crippen molar-refractivity contribution in [1.29, 1.82) is 0 Å². The van der Waals surface area contributed by atoms with Gasteiger partial charge in [0.05, 0.1) is 27.7 Å². The van der Waals surface area contributed by atoms with E-state index in [9.17, 15) is 19.0 Å². The monoisotopic (exact) mass is 809 g/mol. The van der Waals surface area contributed by atoms with Gasteiger partial charge in [-0.3, -0.25) is 18.6 Å². The standard InChI is InChI=1S/C46H82NO8P/c1-6-8-10-12-14-16-18-20-22-23-25-27-29-31-33-35-37-39-46(49)55-44(43-54-56(50,51)53-41-40-47(3,4)5)42-52-45(48)38-36-34-32-30-28-26-24-21-19-17-15-13-11-9-7-2/h9,11,13,15,17,19-22,24,44H,6-8,10,12,14,16,18,23,25-43H2,1-5H3/p+1/b11-9+,15-13+,19-17+,22-20+,24-21+/t44-/m1/s1. The van der Waals surface area contributed by atoms with Gasteiger partial charge in [0.25, 0.3) is 0 Å². The van der Waals surface area contributed by atoms with Crippen LogP contribution in [0.15, 0.2) is 60.8 Å². The third kappa shape index (κ3) is 41.3. The molecule has 0 rings (SSSR count). The number of rotatable bonds is 39. The van der Waals surface area contributed by atoms with E-state index in [0.29, 0.717) is 23.9 Å². The summed E-state index contributed by atoms with van der Waals surface area (Å²) < 4.78 is 34.3. The molecule has 0 heterocycles. The quantitative estimate of drug-likeness (QED) is 0.0163. The molecule has 0 aliphatic rings. The third-order valence-corrected chi connectivity index (χ3v) is 10.1. The first-order chi connectivity index (χ1) is 27.0. The number of ether oxygens (including phenoxy) is 2. The molecule has 2 atom stereocenters. The van der Waals surface area contributed by atoms with Gasteiger partial charge < -0.3 is 18.9 Å². The minimum Gasteiger partial charge on any atom is -0.462 e. The lowest BCUT2D eigenvalue weighted by atomic mass is 10.1.